The van der Waals surface area contributed by atoms with Gasteiger partial charge in [-0.15, -0.1) is 22.9 Å². The summed E-state index contributed by atoms with van der Waals surface area (Å²) in [5.41, 5.74) is 1.03. The normalized spacial score (nSPS) is 24.1. The van der Waals surface area contributed by atoms with Gasteiger partial charge in [0.25, 0.3) is 0 Å². The summed E-state index contributed by atoms with van der Waals surface area (Å²) in [6.07, 6.45) is 7.86. The van der Waals surface area contributed by atoms with Crippen LogP contribution in [0.5, 0.6) is 0 Å². The number of aryl methyl sites for hydroxylation is 1. The Morgan fingerprint density at radius 3 is 2.86 bits per heavy atom. The Morgan fingerprint density at radius 1 is 1.24 bits per heavy atom. The van der Waals surface area contributed by atoms with E-state index in [0.717, 1.165) is 18.2 Å². The third-order valence-electron chi connectivity index (χ3n) is 4.76. The molecular weight excluding hydrogens is 302 g/mol. The molecule has 0 aliphatic carbocycles. The van der Waals surface area contributed by atoms with Crippen molar-refractivity contribution in [2.24, 2.45) is 0 Å². The van der Waals surface area contributed by atoms with Crippen molar-refractivity contribution in [1.82, 2.24) is 14.8 Å². The highest BCUT2D eigenvalue weighted by Crippen LogP contribution is 2.21. The molecule has 0 spiro atoms. The lowest BCUT2D eigenvalue weighted by Gasteiger charge is -2.23. The Bertz CT molecular complexity index is 431. The van der Waals surface area contributed by atoms with E-state index in [1.807, 2.05) is 0 Å². The minimum Gasteiger partial charge on any atom is -0.302 e. The zero-order valence-electron chi connectivity index (χ0n) is 12.8. The Kier molecular flexibility index (Phi) is 5.92. The predicted molar refractivity (Wildman–Crippen MR) is 90.3 cm³/mol. The Hall–Kier alpha value is -0.160. The maximum absolute atomic E-state index is 5.79. The van der Waals surface area contributed by atoms with Crippen LogP contribution in [-0.4, -0.2) is 53.5 Å². The largest absolute Gasteiger partial charge is 0.302 e. The molecule has 0 aromatic carbocycles. The van der Waals surface area contributed by atoms with Crippen LogP contribution in [0, 0.1) is 0 Å². The summed E-state index contributed by atoms with van der Waals surface area (Å²) >= 11 is 7.55. The first kappa shape index (κ1) is 15.7. The minimum atomic E-state index is 0.544. The molecule has 0 amide bonds. The van der Waals surface area contributed by atoms with E-state index in [9.17, 15) is 0 Å². The zero-order valence-corrected chi connectivity index (χ0v) is 14.3. The number of nitrogens with zero attached hydrogens (tertiary/aromatic N) is 3. The lowest BCUT2D eigenvalue weighted by Crippen LogP contribution is -2.35. The van der Waals surface area contributed by atoms with Gasteiger partial charge in [0, 0.05) is 18.0 Å². The summed E-state index contributed by atoms with van der Waals surface area (Å²) in [5.74, 6) is 0.544. The van der Waals surface area contributed by atoms with Gasteiger partial charge in [-0.05, 0) is 64.7 Å². The average molecular weight is 328 g/mol. The van der Waals surface area contributed by atoms with Gasteiger partial charge in [0.2, 0.25) is 0 Å². The number of unbranched alkanes of at least 4 members (excludes halogenated alkanes) is 1. The number of hydrogen-bond donors (Lipinski definition) is 0. The highest BCUT2D eigenvalue weighted by atomic mass is 35.5. The number of aromatic nitrogens is 1. The van der Waals surface area contributed by atoms with E-state index in [0.29, 0.717) is 5.88 Å². The summed E-state index contributed by atoms with van der Waals surface area (Å²) in [6.45, 7) is 6.54. The second-order valence-corrected chi connectivity index (χ2v) is 7.52. The number of thiazole rings is 1. The van der Waals surface area contributed by atoms with E-state index >= 15 is 0 Å². The minimum absolute atomic E-state index is 0.544. The van der Waals surface area contributed by atoms with E-state index < -0.39 is 0 Å². The van der Waals surface area contributed by atoms with Crippen molar-refractivity contribution >= 4 is 22.9 Å². The lowest BCUT2D eigenvalue weighted by atomic mass is 10.2. The van der Waals surface area contributed by atoms with Crippen molar-refractivity contribution in [2.45, 2.75) is 50.4 Å². The second kappa shape index (κ2) is 7.91. The molecule has 3 nitrogen and oxygen atoms in total. The van der Waals surface area contributed by atoms with Crippen LogP contribution >= 0.6 is 22.9 Å². The SMILES string of the molecule is ClCc1csc(CCCCN2CCC(N3CCCC3)C2)n1. The molecule has 2 fully saturated rings. The molecule has 0 saturated carbocycles. The molecule has 2 aliphatic heterocycles. The molecule has 21 heavy (non-hydrogen) atoms. The highest BCUT2D eigenvalue weighted by molar-refractivity contribution is 7.09. The Morgan fingerprint density at radius 2 is 2.10 bits per heavy atom. The molecule has 0 radical (unpaired) electrons. The van der Waals surface area contributed by atoms with Gasteiger partial charge in [0.15, 0.2) is 0 Å². The van der Waals surface area contributed by atoms with Crippen LogP contribution in [-0.2, 0) is 12.3 Å². The summed E-state index contributed by atoms with van der Waals surface area (Å²) in [4.78, 5) is 9.90. The second-order valence-electron chi connectivity index (χ2n) is 6.31. The van der Waals surface area contributed by atoms with Crippen LogP contribution < -0.4 is 0 Å². The summed E-state index contributed by atoms with van der Waals surface area (Å²) in [5, 5.41) is 3.34. The third kappa shape index (κ3) is 4.41. The lowest BCUT2D eigenvalue weighted by molar-refractivity contribution is 0.231. The maximum Gasteiger partial charge on any atom is 0.0928 e. The number of likely N-dealkylation sites (tertiary alicyclic amines) is 2. The molecule has 1 atom stereocenters. The van der Waals surface area contributed by atoms with Gasteiger partial charge in [-0.3, -0.25) is 4.90 Å². The first-order valence-electron chi connectivity index (χ1n) is 8.31. The standard InChI is InChI=1S/C16H26ClN3S/c17-11-14-13-21-16(18-14)5-1-2-7-19-10-6-15(12-19)20-8-3-4-9-20/h13,15H,1-12H2. The van der Waals surface area contributed by atoms with Crippen LogP contribution in [0.15, 0.2) is 5.38 Å². The zero-order chi connectivity index (χ0) is 14.5. The molecule has 3 rings (SSSR count). The van der Waals surface area contributed by atoms with E-state index in [-0.39, 0.29) is 0 Å². The van der Waals surface area contributed by atoms with Crippen LogP contribution in [0.2, 0.25) is 0 Å². The molecule has 1 aromatic heterocycles. The number of halogens is 1. The fraction of sp³-hybridized carbons (Fsp3) is 0.812. The molecule has 5 heteroatoms. The van der Waals surface area contributed by atoms with E-state index in [1.165, 1.54) is 69.8 Å². The van der Waals surface area contributed by atoms with E-state index in [1.54, 1.807) is 11.3 Å². The topological polar surface area (TPSA) is 19.4 Å². The molecule has 3 heterocycles. The summed E-state index contributed by atoms with van der Waals surface area (Å²) in [7, 11) is 0. The van der Waals surface area contributed by atoms with Crippen molar-refractivity contribution in [1.29, 1.82) is 0 Å². The third-order valence-corrected chi connectivity index (χ3v) is 5.99. The smallest absolute Gasteiger partial charge is 0.0928 e. The molecular formula is C16H26ClN3S. The Labute approximate surface area is 137 Å². The first-order valence-corrected chi connectivity index (χ1v) is 9.72. The van der Waals surface area contributed by atoms with Gasteiger partial charge >= 0.3 is 0 Å². The van der Waals surface area contributed by atoms with E-state index in [2.05, 4.69) is 20.2 Å². The molecule has 118 valence electrons. The molecule has 0 N–H and O–H groups in total. The van der Waals surface area contributed by atoms with Gasteiger partial charge in [-0.2, -0.15) is 0 Å². The number of rotatable bonds is 7. The fourth-order valence-corrected chi connectivity index (χ4v) is 4.63. The van der Waals surface area contributed by atoms with Crippen LogP contribution in [0.4, 0.5) is 0 Å². The van der Waals surface area contributed by atoms with Crippen molar-refractivity contribution in [3.8, 4) is 0 Å². The van der Waals surface area contributed by atoms with Crippen molar-refractivity contribution < 1.29 is 0 Å². The van der Waals surface area contributed by atoms with Gasteiger partial charge < -0.3 is 4.90 Å². The monoisotopic (exact) mass is 327 g/mol. The van der Waals surface area contributed by atoms with Gasteiger partial charge in [-0.25, -0.2) is 4.98 Å². The van der Waals surface area contributed by atoms with Gasteiger partial charge in [0.1, 0.15) is 0 Å². The van der Waals surface area contributed by atoms with Crippen LogP contribution in [0.25, 0.3) is 0 Å². The van der Waals surface area contributed by atoms with E-state index in [4.69, 9.17) is 11.6 Å². The summed E-state index contributed by atoms with van der Waals surface area (Å²) in [6, 6.07) is 0.845. The number of alkyl halides is 1. The fourth-order valence-electron chi connectivity index (χ4n) is 3.56. The quantitative estimate of drug-likeness (QED) is 0.565. The predicted octanol–water partition coefficient (Wildman–Crippen LogP) is 3.37. The molecule has 1 aromatic rings. The van der Waals surface area contributed by atoms with Crippen molar-refractivity contribution in [3.63, 3.8) is 0 Å². The summed E-state index contributed by atoms with van der Waals surface area (Å²) < 4.78 is 0. The molecule has 0 bridgehead atoms. The maximum atomic E-state index is 5.79. The van der Waals surface area contributed by atoms with Crippen LogP contribution in [0.3, 0.4) is 0 Å². The average Bonchev–Trinajstić information content (AvgIpc) is 3.23. The molecule has 2 aliphatic rings. The Balaban J connectivity index is 1.31. The molecule has 2 saturated heterocycles. The highest BCUT2D eigenvalue weighted by Gasteiger charge is 2.28. The van der Waals surface area contributed by atoms with Crippen molar-refractivity contribution in [2.75, 3.05) is 32.7 Å². The molecule has 1 unspecified atom stereocenters. The first-order chi connectivity index (χ1) is 10.3. The number of hydrogen-bond acceptors (Lipinski definition) is 4. The van der Waals surface area contributed by atoms with Gasteiger partial charge in [-0.1, -0.05) is 0 Å². The van der Waals surface area contributed by atoms with Crippen molar-refractivity contribution in [3.05, 3.63) is 16.1 Å². The van der Waals surface area contributed by atoms with Gasteiger partial charge in [0.05, 0.1) is 16.6 Å². The van der Waals surface area contributed by atoms with Crippen LogP contribution in [0.1, 0.15) is 42.8 Å².